The first-order valence-electron chi connectivity index (χ1n) is 7.31. The summed E-state index contributed by atoms with van der Waals surface area (Å²) in [6.07, 6.45) is 7.71. The lowest BCUT2D eigenvalue weighted by atomic mass is 9.70. The van der Waals surface area contributed by atoms with E-state index in [0.29, 0.717) is 6.04 Å². The molecular weight excluding hydrogens is 208 g/mol. The lowest BCUT2D eigenvalue weighted by molar-refractivity contribution is 0.0460. The van der Waals surface area contributed by atoms with E-state index in [9.17, 15) is 0 Å². The minimum atomic E-state index is 0.257. The Bertz CT molecular complexity index is 225. The van der Waals surface area contributed by atoms with Gasteiger partial charge in [-0.3, -0.25) is 0 Å². The van der Waals surface area contributed by atoms with E-state index in [1.54, 1.807) is 0 Å². The SMILES string of the molecule is CC(C)CCC(N)C1(N(C)C)CCCC(C)C1. The second-order valence-corrected chi connectivity index (χ2v) is 6.78. The molecule has 0 amide bonds. The Morgan fingerprint density at radius 3 is 2.41 bits per heavy atom. The lowest BCUT2D eigenvalue weighted by Crippen LogP contribution is -2.59. The van der Waals surface area contributed by atoms with E-state index in [-0.39, 0.29) is 5.54 Å². The first-order valence-corrected chi connectivity index (χ1v) is 7.31. The maximum atomic E-state index is 6.55. The van der Waals surface area contributed by atoms with Gasteiger partial charge in [0.15, 0.2) is 0 Å². The zero-order valence-corrected chi connectivity index (χ0v) is 12.5. The third-order valence-electron chi connectivity index (χ3n) is 4.64. The molecule has 102 valence electrons. The van der Waals surface area contributed by atoms with Crippen LogP contribution in [0.1, 0.15) is 59.3 Å². The highest BCUT2D eigenvalue weighted by molar-refractivity contribution is 5.00. The maximum Gasteiger partial charge on any atom is 0.0356 e. The van der Waals surface area contributed by atoms with Gasteiger partial charge in [0.2, 0.25) is 0 Å². The maximum absolute atomic E-state index is 6.55. The van der Waals surface area contributed by atoms with Gasteiger partial charge < -0.3 is 10.6 Å². The average molecular weight is 240 g/mol. The van der Waals surface area contributed by atoms with E-state index < -0.39 is 0 Å². The predicted octanol–water partition coefficient (Wildman–Crippen LogP) is 3.26. The monoisotopic (exact) mass is 240 g/mol. The first kappa shape index (κ1) is 15.0. The number of hydrogen-bond acceptors (Lipinski definition) is 2. The Balaban J connectivity index is 2.69. The van der Waals surface area contributed by atoms with Gasteiger partial charge in [0.05, 0.1) is 0 Å². The van der Waals surface area contributed by atoms with E-state index in [2.05, 4.69) is 39.8 Å². The normalized spacial score (nSPS) is 32.1. The molecular formula is C15H32N2. The van der Waals surface area contributed by atoms with Crippen molar-refractivity contribution in [2.75, 3.05) is 14.1 Å². The van der Waals surface area contributed by atoms with Gasteiger partial charge >= 0.3 is 0 Å². The van der Waals surface area contributed by atoms with E-state index >= 15 is 0 Å². The molecule has 0 saturated heterocycles. The minimum absolute atomic E-state index is 0.257. The molecule has 17 heavy (non-hydrogen) atoms. The summed E-state index contributed by atoms with van der Waals surface area (Å²) in [7, 11) is 4.43. The van der Waals surface area contributed by atoms with E-state index in [1.807, 2.05) is 0 Å². The summed E-state index contributed by atoms with van der Waals surface area (Å²) in [4.78, 5) is 2.41. The first-order chi connectivity index (χ1) is 7.88. The summed E-state index contributed by atoms with van der Waals surface area (Å²) in [6, 6.07) is 0.336. The predicted molar refractivity (Wildman–Crippen MR) is 76.1 cm³/mol. The fourth-order valence-electron chi connectivity index (χ4n) is 3.42. The number of rotatable bonds is 5. The van der Waals surface area contributed by atoms with Crippen LogP contribution in [0.5, 0.6) is 0 Å². The van der Waals surface area contributed by atoms with Gasteiger partial charge in [-0.1, -0.05) is 33.6 Å². The van der Waals surface area contributed by atoms with Crippen molar-refractivity contribution < 1.29 is 0 Å². The second kappa shape index (κ2) is 6.19. The van der Waals surface area contributed by atoms with Crippen LogP contribution in [0.4, 0.5) is 0 Å². The molecule has 1 aliphatic rings. The van der Waals surface area contributed by atoms with Crippen LogP contribution in [0.25, 0.3) is 0 Å². The van der Waals surface area contributed by atoms with Crippen LogP contribution in [0.2, 0.25) is 0 Å². The van der Waals surface area contributed by atoms with Crippen LogP contribution in [0.3, 0.4) is 0 Å². The average Bonchev–Trinajstić information content (AvgIpc) is 2.25. The second-order valence-electron chi connectivity index (χ2n) is 6.78. The van der Waals surface area contributed by atoms with Crippen LogP contribution in [0.15, 0.2) is 0 Å². The third-order valence-corrected chi connectivity index (χ3v) is 4.64. The zero-order valence-electron chi connectivity index (χ0n) is 12.5. The zero-order chi connectivity index (χ0) is 13.1. The molecule has 3 atom stereocenters. The summed E-state index contributed by atoms with van der Waals surface area (Å²) in [5, 5.41) is 0. The molecule has 1 rings (SSSR count). The van der Waals surface area contributed by atoms with Crippen LogP contribution in [-0.2, 0) is 0 Å². The van der Waals surface area contributed by atoms with Crippen molar-refractivity contribution in [2.45, 2.75) is 70.9 Å². The number of nitrogens with zero attached hydrogens (tertiary/aromatic N) is 1. The molecule has 2 nitrogen and oxygen atoms in total. The van der Waals surface area contributed by atoms with Gasteiger partial charge in [0, 0.05) is 11.6 Å². The minimum Gasteiger partial charge on any atom is -0.326 e. The van der Waals surface area contributed by atoms with Gasteiger partial charge in [-0.05, 0) is 51.6 Å². The van der Waals surface area contributed by atoms with Crippen molar-refractivity contribution in [3.8, 4) is 0 Å². The molecule has 0 spiro atoms. The molecule has 2 N–H and O–H groups in total. The van der Waals surface area contributed by atoms with Gasteiger partial charge in [0.1, 0.15) is 0 Å². The van der Waals surface area contributed by atoms with Crippen molar-refractivity contribution in [1.29, 1.82) is 0 Å². The smallest absolute Gasteiger partial charge is 0.0356 e. The Morgan fingerprint density at radius 1 is 1.29 bits per heavy atom. The molecule has 0 aromatic carbocycles. The summed E-state index contributed by atoms with van der Waals surface area (Å²) in [5.74, 6) is 1.59. The Labute approximate surface area is 108 Å². The van der Waals surface area contributed by atoms with E-state index in [1.165, 1.54) is 38.5 Å². The Kier molecular flexibility index (Phi) is 5.46. The molecule has 1 fully saturated rings. The standard InChI is InChI=1S/C15H32N2/c1-12(2)8-9-14(16)15(17(4)5)10-6-7-13(3)11-15/h12-14H,6-11,16H2,1-5H3. The summed E-state index contributed by atoms with van der Waals surface area (Å²) in [5.41, 5.74) is 6.81. The van der Waals surface area contributed by atoms with Crippen molar-refractivity contribution in [3.63, 3.8) is 0 Å². The number of hydrogen-bond donors (Lipinski definition) is 1. The van der Waals surface area contributed by atoms with Crippen LogP contribution in [-0.4, -0.2) is 30.6 Å². The third kappa shape index (κ3) is 3.69. The molecule has 3 unspecified atom stereocenters. The molecule has 0 heterocycles. The molecule has 0 radical (unpaired) electrons. The molecule has 1 aliphatic carbocycles. The van der Waals surface area contributed by atoms with Crippen LogP contribution < -0.4 is 5.73 Å². The van der Waals surface area contributed by atoms with Crippen LogP contribution >= 0.6 is 0 Å². The highest BCUT2D eigenvalue weighted by atomic mass is 15.2. The Morgan fingerprint density at radius 2 is 1.94 bits per heavy atom. The number of likely N-dealkylation sites (N-methyl/N-ethyl adjacent to an activating group) is 1. The van der Waals surface area contributed by atoms with Gasteiger partial charge in [-0.25, -0.2) is 0 Å². The van der Waals surface area contributed by atoms with Crippen LogP contribution in [0, 0.1) is 11.8 Å². The van der Waals surface area contributed by atoms with Crippen molar-refractivity contribution in [3.05, 3.63) is 0 Å². The summed E-state index contributed by atoms with van der Waals surface area (Å²) >= 11 is 0. The molecule has 1 saturated carbocycles. The van der Waals surface area contributed by atoms with Crippen molar-refractivity contribution in [2.24, 2.45) is 17.6 Å². The van der Waals surface area contributed by atoms with Crippen molar-refractivity contribution in [1.82, 2.24) is 4.90 Å². The summed E-state index contributed by atoms with van der Waals surface area (Å²) in [6.45, 7) is 6.96. The highest BCUT2D eigenvalue weighted by Gasteiger charge is 2.41. The highest BCUT2D eigenvalue weighted by Crippen LogP contribution is 2.38. The molecule has 2 heteroatoms. The summed E-state index contributed by atoms with van der Waals surface area (Å²) < 4.78 is 0. The molecule has 0 aliphatic heterocycles. The fourth-order valence-corrected chi connectivity index (χ4v) is 3.42. The molecule has 0 bridgehead atoms. The van der Waals surface area contributed by atoms with Gasteiger partial charge in [-0.2, -0.15) is 0 Å². The molecule has 0 aromatic heterocycles. The van der Waals surface area contributed by atoms with Gasteiger partial charge in [0.25, 0.3) is 0 Å². The lowest BCUT2D eigenvalue weighted by Gasteiger charge is -2.49. The van der Waals surface area contributed by atoms with E-state index in [4.69, 9.17) is 5.73 Å². The Hall–Kier alpha value is -0.0800. The molecule has 0 aromatic rings. The van der Waals surface area contributed by atoms with Gasteiger partial charge in [-0.15, -0.1) is 0 Å². The van der Waals surface area contributed by atoms with Crippen molar-refractivity contribution >= 4 is 0 Å². The largest absolute Gasteiger partial charge is 0.326 e. The number of nitrogens with two attached hydrogens (primary N) is 1. The van der Waals surface area contributed by atoms with E-state index in [0.717, 1.165) is 11.8 Å². The topological polar surface area (TPSA) is 29.3 Å². The quantitative estimate of drug-likeness (QED) is 0.799. The fraction of sp³-hybridized carbons (Fsp3) is 1.00.